The molecule has 1 unspecified atom stereocenters. The number of rotatable bonds is 2. The number of hydrogen-bond acceptors (Lipinski definition) is 4. The number of hydrogen-bond donors (Lipinski definition) is 0. The molecule has 25 heavy (non-hydrogen) atoms. The van der Waals surface area contributed by atoms with E-state index in [1.54, 1.807) is 12.1 Å². The van der Waals surface area contributed by atoms with Gasteiger partial charge < -0.3 is 19.6 Å². The summed E-state index contributed by atoms with van der Waals surface area (Å²) in [6.07, 6.45) is 5.45. The summed E-state index contributed by atoms with van der Waals surface area (Å²) in [4.78, 5) is 14.7. The Balaban J connectivity index is 1.60. The number of nitrogens with zero attached hydrogens (tertiary/aromatic N) is 2. The van der Waals surface area contributed by atoms with E-state index < -0.39 is 0 Å². The average molecular weight is 340 g/mol. The lowest BCUT2D eigenvalue weighted by Gasteiger charge is -2.25. The van der Waals surface area contributed by atoms with Gasteiger partial charge >= 0.3 is 0 Å². The Hall–Kier alpha value is -2.76. The van der Waals surface area contributed by atoms with Gasteiger partial charge in [0.1, 0.15) is 0 Å². The highest BCUT2D eigenvalue weighted by molar-refractivity contribution is 5.94. The highest BCUT2D eigenvalue weighted by Gasteiger charge is 2.31. The molecule has 1 saturated heterocycles. The molecule has 0 aliphatic carbocycles. The normalized spacial score (nSPS) is 19.5. The smallest absolute Gasteiger partial charge is 0.254 e. The molecule has 1 amide bonds. The van der Waals surface area contributed by atoms with Crippen molar-refractivity contribution in [2.24, 2.45) is 0 Å². The average Bonchev–Trinajstić information content (AvgIpc) is 3.00. The van der Waals surface area contributed by atoms with Crippen LogP contribution in [0.3, 0.4) is 0 Å². The molecule has 2 aliphatic rings. The molecule has 6 nitrogen and oxygen atoms in total. The van der Waals surface area contributed by atoms with Crippen LogP contribution in [-0.2, 0) is 0 Å². The molecule has 6 heteroatoms. The summed E-state index contributed by atoms with van der Waals surface area (Å²) in [7, 11) is 0. The minimum Gasteiger partial charge on any atom is -0.619 e. The molecule has 1 aromatic carbocycles. The Labute approximate surface area is 146 Å². The van der Waals surface area contributed by atoms with Gasteiger partial charge in [-0.3, -0.25) is 4.79 Å². The Morgan fingerprint density at radius 2 is 1.84 bits per heavy atom. The molecular weight excluding hydrogens is 320 g/mol. The van der Waals surface area contributed by atoms with E-state index in [1.165, 1.54) is 12.4 Å². The van der Waals surface area contributed by atoms with Gasteiger partial charge in [-0.15, -0.1) is 0 Å². The molecule has 0 spiro atoms. The molecule has 1 fully saturated rings. The van der Waals surface area contributed by atoms with Gasteiger partial charge in [0.05, 0.1) is 24.8 Å². The van der Waals surface area contributed by atoms with Crippen molar-refractivity contribution in [3.63, 3.8) is 0 Å². The second-order valence-electron chi connectivity index (χ2n) is 6.36. The lowest BCUT2D eigenvalue weighted by Crippen LogP contribution is -2.32. The van der Waals surface area contributed by atoms with E-state index in [9.17, 15) is 10.0 Å². The number of benzene rings is 1. The predicted molar refractivity (Wildman–Crippen MR) is 90.5 cm³/mol. The van der Waals surface area contributed by atoms with Crippen molar-refractivity contribution >= 4 is 5.91 Å². The fourth-order valence-corrected chi connectivity index (χ4v) is 3.46. The summed E-state index contributed by atoms with van der Waals surface area (Å²) in [5.41, 5.74) is 1.60. The van der Waals surface area contributed by atoms with E-state index in [0.29, 0.717) is 30.1 Å². The molecule has 1 atom stereocenters. The standard InChI is InChI=1S/C19H20N2O4/c22-19(14-6-9-20(23)10-7-14)21-8-1-3-16(21)15-4-5-17-18(13-15)25-12-2-11-24-17/h4-7,9-10,13,16H,1-3,8,11-12H2. The van der Waals surface area contributed by atoms with Crippen LogP contribution < -0.4 is 14.2 Å². The minimum atomic E-state index is -0.0461. The summed E-state index contributed by atoms with van der Waals surface area (Å²) in [5.74, 6) is 1.47. The number of likely N-dealkylation sites (tertiary alicyclic amines) is 1. The van der Waals surface area contributed by atoms with Crippen LogP contribution in [0.15, 0.2) is 42.7 Å². The first-order valence-corrected chi connectivity index (χ1v) is 8.62. The monoisotopic (exact) mass is 340 g/mol. The third kappa shape index (κ3) is 3.12. The highest BCUT2D eigenvalue weighted by atomic mass is 16.5. The lowest BCUT2D eigenvalue weighted by atomic mass is 10.0. The molecule has 4 rings (SSSR count). The number of aromatic nitrogens is 1. The van der Waals surface area contributed by atoms with Crippen molar-refractivity contribution in [1.29, 1.82) is 0 Å². The first-order chi connectivity index (χ1) is 12.2. The van der Waals surface area contributed by atoms with Gasteiger partial charge in [0.2, 0.25) is 0 Å². The quantitative estimate of drug-likeness (QED) is 0.622. The van der Waals surface area contributed by atoms with Gasteiger partial charge in [0, 0.05) is 25.1 Å². The maximum Gasteiger partial charge on any atom is 0.254 e. The number of fused-ring (bicyclic) bond motifs is 1. The van der Waals surface area contributed by atoms with Crippen LogP contribution >= 0.6 is 0 Å². The fourth-order valence-electron chi connectivity index (χ4n) is 3.46. The van der Waals surface area contributed by atoms with Crippen LogP contribution in [0.25, 0.3) is 0 Å². The molecule has 130 valence electrons. The topological polar surface area (TPSA) is 65.7 Å². The van der Waals surface area contributed by atoms with Gasteiger partial charge in [0.25, 0.3) is 5.91 Å². The van der Waals surface area contributed by atoms with Crippen molar-refractivity contribution in [3.05, 3.63) is 59.1 Å². The van der Waals surface area contributed by atoms with Gasteiger partial charge in [-0.1, -0.05) is 6.07 Å². The highest BCUT2D eigenvalue weighted by Crippen LogP contribution is 2.38. The summed E-state index contributed by atoms with van der Waals surface area (Å²) < 4.78 is 12.1. The summed E-state index contributed by atoms with van der Waals surface area (Å²) >= 11 is 0. The molecule has 0 N–H and O–H groups in total. The van der Waals surface area contributed by atoms with Crippen LogP contribution in [-0.4, -0.2) is 30.6 Å². The number of ether oxygens (including phenoxy) is 2. The zero-order chi connectivity index (χ0) is 17.2. The molecule has 2 aliphatic heterocycles. The van der Waals surface area contributed by atoms with Crippen molar-refractivity contribution in [2.75, 3.05) is 19.8 Å². The molecular formula is C19H20N2O4. The number of pyridine rings is 1. The molecule has 0 bridgehead atoms. The summed E-state index contributed by atoms with van der Waals surface area (Å²) in [6, 6.07) is 9.09. The third-order valence-electron chi connectivity index (χ3n) is 4.72. The van der Waals surface area contributed by atoms with E-state index in [1.807, 2.05) is 23.1 Å². The molecule has 2 aromatic rings. The Morgan fingerprint density at radius 1 is 1.08 bits per heavy atom. The molecule has 0 saturated carbocycles. The third-order valence-corrected chi connectivity index (χ3v) is 4.72. The zero-order valence-electron chi connectivity index (χ0n) is 13.9. The number of carbonyl (C=O) groups excluding carboxylic acids is 1. The Morgan fingerprint density at radius 3 is 2.64 bits per heavy atom. The maximum absolute atomic E-state index is 12.8. The fraction of sp³-hybridized carbons (Fsp3) is 0.368. The second-order valence-corrected chi connectivity index (χ2v) is 6.36. The lowest BCUT2D eigenvalue weighted by molar-refractivity contribution is -0.605. The maximum atomic E-state index is 12.8. The van der Waals surface area contributed by atoms with Gasteiger partial charge in [-0.2, -0.15) is 4.73 Å². The van der Waals surface area contributed by atoms with E-state index in [-0.39, 0.29) is 11.9 Å². The van der Waals surface area contributed by atoms with Crippen molar-refractivity contribution in [3.8, 4) is 11.5 Å². The Bertz CT molecular complexity index is 775. The van der Waals surface area contributed by atoms with Gasteiger partial charge in [-0.25, -0.2) is 0 Å². The van der Waals surface area contributed by atoms with Crippen LogP contribution in [0, 0.1) is 5.21 Å². The largest absolute Gasteiger partial charge is 0.619 e. The van der Waals surface area contributed by atoms with Crippen molar-refractivity contribution in [2.45, 2.75) is 25.3 Å². The van der Waals surface area contributed by atoms with Crippen LogP contribution in [0.4, 0.5) is 0 Å². The predicted octanol–water partition coefficient (Wildman–Crippen LogP) is 2.46. The van der Waals surface area contributed by atoms with Gasteiger partial charge in [0.15, 0.2) is 23.9 Å². The van der Waals surface area contributed by atoms with E-state index in [2.05, 4.69) is 0 Å². The summed E-state index contributed by atoms with van der Waals surface area (Å²) in [5, 5.41) is 11.2. The second kappa shape index (κ2) is 6.63. The van der Waals surface area contributed by atoms with Crippen LogP contribution in [0.2, 0.25) is 0 Å². The van der Waals surface area contributed by atoms with E-state index >= 15 is 0 Å². The number of carbonyl (C=O) groups is 1. The minimum absolute atomic E-state index is 0.0178. The molecule has 3 heterocycles. The van der Waals surface area contributed by atoms with Gasteiger partial charge in [-0.05, 0) is 30.5 Å². The SMILES string of the molecule is O=C(c1cc[n+]([O-])cc1)N1CCCC1c1ccc2c(c1)OCCCO2. The van der Waals surface area contributed by atoms with E-state index in [4.69, 9.17) is 9.47 Å². The zero-order valence-corrected chi connectivity index (χ0v) is 13.9. The molecule has 0 radical (unpaired) electrons. The first kappa shape index (κ1) is 15.7. The van der Waals surface area contributed by atoms with Crippen molar-refractivity contribution in [1.82, 2.24) is 4.90 Å². The number of amides is 1. The van der Waals surface area contributed by atoms with Crippen LogP contribution in [0.1, 0.15) is 41.2 Å². The summed E-state index contributed by atoms with van der Waals surface area (Å²) in [6.45, 7) is 2.02. The van der Waals surface area contributed by atoms with Crippen molar-refractivity contribution < 1.29 is 19.0 Å². The Kier molecular flexibility index (Phi) is 4.17. The van der Waals surface area contributed by atoms with Crippen LogP contribution in [0.5, 0.6) is 11.5 Å². The molecule has 1 aromatic heterocycles. The first-order valence-electron chi connectivity index (χ1n) is 8.62. The van der Waals surface area contributed by atoms with E-state index in [0.717, 1.165) is 36.3 Å².